The normalized spacial score (nSPS) is 12.6. The summed E-state index contributed by atoms with van der Waals surface area (Å²) in [4.78, 5) is 48.5. The molecule has 0 saturated carbocycles. The highest BCUT2D eigenvalue weighted by Crippen LogP contribution is 2.41. The SMILES string of the molecule is O=C(Nc1c(F)cccc1F)c1nc2c(s1)-c1cc(-c3ccncc3)ccc1CCC2.O=C(Nc1c(F)cccc1F)c1nc2c(s1)-c1cc(-c3cncnc3)ccc1CCC2. The van der Waals surface area contributed by atoms with Crippen LogP contribution in [0.1, 0.15) is 55.0 Å². The number of benzene rings is 4. The van der Waals surface area contributed by atoms with E-state index in [0.29, 0.717) is 0 Å². The molecule has 0 saturated heterocycles. The first kappa shape index (κ1) is 40.4. The van der Waals surface area contributed by atoms with Crippen LogP contribution in [-0.4, -0.2) is 36.7 Å². The Morgan fingerprint density at radius 1 is 0.516 bits per heavy atom. The fourth-order valence-corrected chi connectivity index (χ4v) is 9.60. The number of carbonyl (C=O) groups excluding carboxylic acids is 2. The molecule has 4 heterocycles. The zero-order valence-corrected chi connectivity index (χ0v) is 34.2. The topological polar surface area (TPSA) is 123 Å². The molecule has 2 amide bonds. The number of nitrogens with one attached hydrogen (secondary N) is 2. The lowest BCUT2D eigenvalue weighted by Gasteiger charge is -2.09. The average Bonchev–Trinajstić information content (AvgIpc) is 3.83. The van der Waals surface area contributed by atoms with Crippen LogP contribution in [0.2, 0.25) is 0 Å². The minimum absolute atomic E-state index is 0.175. The fraction of sp³-hybridized carbons (Fsp3) is 0.128. The number of halogens is 4. The van der Waals surface area contributed by atoms with Gasteiger partial charge in [0.1, 0.15) is 41.0 Å². The molecule has 0 fully saturated rings. The Morgan fingerprint density at radius 3 is 1.44 bits per heavy atom. The van der Waals surface area contributed by atoms with Crippen LogP contribution in [0.5, 0.6) is 0 Å². The minimum atomic E-state index is -0.827. The van der Waals surface area contributed by atoms with Crippen LogP contribution in [0.15, 0.2) is 116 Å². The number of hydrogen-bond acceptors (Lipinski definition) is 9. The van der Waals surface area contributed by atoms with Gasteiger partial charge in [-0.25, -0.2) is 37.5 Å². The molecule has 15 heteroatoms. The van der Waals surface area contributed by atoms with Crippen molar-refractivity contribution >= 4 is 45.9 Å². The van der Waals surface area contributed by atoms with Gasteiger partial charge in [0.15, 0.2) is 10.0 Å². The summed E-state index contributed by atoms with van der Waals surface area (Å²) in [7, 11) is 0. The fourth-order valence-electron chi connectivity index (χ4n) is 7.48. The molecule has 0 bridgehead atoms. The van der Waals surface area contributed by atoms with E-state index in [0.717, 1.165) is 117 Å². The lowest BCUT2D eigenvalue weighted by molar-refractivity contribution is 0.101. The van der Waals surface area contributed by atoms with Gasteiger partial charge in [-0.05, 0) is 126 Å². The smallest absolute Gasteiger partial charge is 0.284 e. The molecule has 0 aliphatic heterocycles. The summed E-state index contributed by atoms with van der Waals surface area (Å²) in [5.74, 6) is -4.54. The lowest BCUT2D eigenvalue weighted by Crippen LogP contribution is -2.14. The second kappa shape index (κ2) is 17.6. The van der Waals surface area contributed by atoms with Gasteiger partial charge >= 0.3 is 0 Å². The van der Waals surface area contributed by atoms with E-state index in [1.807, 2.05) is 18.2 Å². The second-order valence-electron chi connectivity index (χ2n) is 14.5. The Labute approximate surface area is 360 Å². The van der Waals surface area contributed by atoms with Crippen LogP contribution < -0.4 is 10.6 Å². The van der Waals surface area contributed by atoms with Crippen molar-refractivity contribution in [2.75, 3.05) is 10.6 Å². The molecule has 0 unspecified atom stereocenters. The van der Waals surface area contributed by atoms with Crippen LogP contribution in [0, 0.1) is 23.3 Å². The summed E-state index contributed by atoms with van der Waals surface area (Å²) in [5.41, 5.74) is 9.17. The molecule has 10 rings (SSSR count). The Morgan fingerprint density at radius 2 is 0.968 bits per heavy atom. The zero-order chi connectivity index (χ0) is 42.7. The maximum Gasteiger partial charge on any atom is 0.284 e. The van der Waals surface area contributed by atoms with Crippen LogP contribution in [0.3, 0.4) is 0 Å². The van der Waals surface area contributed by atoms with Crippen molar-refractivity contribution in [3.8, 4) is 43.1 Å². The van der Waals surface area contributed by atoms with E-state index in [4.69, 9.17) is 0 Å². The van der Waals surface area contributed by atoms with Gasteiger partial charge in [-0.3, -0.25) is 14.6 Å². The molecular formula is C47H33F4N7O2S2. The molecule has 62 heavy (non-hydrogen) atoms. The van der Waals surface area contributed by atoms with Gasteiger partial charge in [0.25, 0.3) is 11.8 Å². The van der Waals surface area contributed by atoms with Gasteiger partial charge in [0.05, 0.1) is 21.1 Å². The maximum absolute atomic E-state index is 13.9. The van der Waals surface area contributed by atoms with Gasteiger partial charge < -0.3 is 10.6 Å². The number of amides is 2. The van der Waals surface area contributed by atoms with E-state index in [1.165, 1.54) is 52.3 Å². The number of aryl methyl sites for hydroxylation is 4. The number of thiazole rings is 2. The number of pyridine rings is 1. The Bertz CT molecular complexity index is 2740. The molecule has 0 atom stereocenters. The largest absolute Gasteiger partial charge is 0.315 e. The molecule has 4 aromatic carbocycles. The lowest BCUT2D eigenvalue weighted by atomic mass is 9.98. The van der Waals surface area contributed by atoms with E-state index in [9.17, 15) is 27.2 Å². The van der Waals surface area contributed by atoms with E-state index in [1.54, 1.807) is 24.8 Å². The first-order chi connectivity index (χ1) is 30.2. The maximum atomic E-state index is 13.9. The van der Waals surface area contributed by atoms with Crippen LogP contribution in [-0.2, 0) is 25.7 Å². The standard InChI is InChI=1S/C24H17F2N3OS.C23H16F2N4OS/c25-18-4-2-5-19(26)21(18)29-23(30)24-28-20-6-1-3-15-7-8-16(13-17(15)22(20)31-24)14-9-11-27-12-10-14;24-17-4-2-5-18(25)20(17)29-22(30)23-28-19-6-1-3-13-7-8-14(9-16(13)21(19)31-23)15-10-26-12-27-11-15/h2,4-5,7-13H,1,3,6H2,(H,29,30);2,4-5,7-12H,1,3,6H2,(H,29,30). The summed E-state index contributed by atoms with van der Waals surface area (Å²) in [5, 5.41) is 5.02. The van der Waals surface area contributed by atoms with Crippen molar-refractivity contribution < 1.29 is 27.2 Å². The van der Waals surface area contributed by atoms with Crippen LogP contribution >= 0.6 is 22.7 Å². The van der Waals surface area contributed by atoms with E-state index in [-0.39, 0.29) is 10.0 Å². The van der Waals surface area contributed by atoms with Gasteiger partial charge in [0, 0.05) is 30.4 Å². The average molecular weight is 868 g/mol. The van der Waals surface area contributed by atoms with Crippen LogP contribution in [0.25, 0.3) is 43.1 Å². The third-order valence-corrected chi connectivity index (χ3v) is 12.8. The Hall–Kier alpha value is -6.97. The third kappa shape index (κ3) is 8.36. The van der Waals surface area contributed by atoms with Crippen molar-refractivity contribution in [3.63, 3.8) is 0 Å². The summed E-state index contributed by atoms with van der Waals surface area (Å²) in [6.45, 7) is 0. The van der Waals surface area contributed by atoms with Crippen molar-refractivity contribution in [2.24, 2.45) is 0 Å². The molecular weight excluding hydrogens is 835 g/mol. The molecule has 2 N–H and O–H groups in total. The predicted molar refractivity (Wildman–Crippen MR) is 232 cm³/mol. The molecule has 2 aliphatic rings. The number of nitrogens with zero attached hydrogens (tertiary/aromatic N) is 5. The van der Waals surface area contributed by atoms with Crippen molar-refractivity contribution in [1.29, 1.82) is 0 Å². The summed E-state index contributed by atoms with van der Waals surface area (Å²) in [6.07, 6.45) is 13.6. The predicted octanol–water partition coefficient (Wildman–Crippen LogP) is 11.2. The van der Waals surface area contributed by atoms with E-state index in [2.05, 4.69) is 65.9 Å². The number of carbonyl (C=O) groups is 2. The van der Waals surface area contributed by atoms with Gasteiger partial charge in [-0.2, -0.15) is 0 Å². The van der Waals surface area contributed by atoms with Gasteiger partial charge in [-0.15, -0.1) is 22.7 Å². The molecule has 0 radical (unpaired) electrons. The summed E-state index contributed by atoms with van der Waals surface area (Å²) in [6, 6.07) is 23.3. The third-order valence-electron chi connectivity index (χ3n) is 10.5. The highest BCUT2D eigenvalue weighted by molar-refractivity contribution is 7.17. The number of anilines is 2. The molecule has 308 valence electrons. The highest BCUT2D eigenvalue weighted by atomic mass is 32.1. The highest BCUT2D eigenvalue weighted by Gasteiger charge is 2.26. The number of hydrogen-bond donors (Lipinski definition) is 2. The minimum Gasteiger partial charge on any atom is -0.315 e. The zero-order valence-electron chi connectivity index (χ0n) is 32.6. The Balaban J connectivity index is 0.000000158. The van der Waals surface area contributed by atoms with E-state index < -0.39 is 46.5 Å². The molecule has 9 nitrogen and oxygen atoms in total. The van der Waals surface area contributed by atoms with Crippen molar-refractivity contribution in [2.45, 2.75) is 38.5 Å². The first-order valence-electron chi connectivity index (χ1n) is 19.6. The molecule has 4 aromatic heterocycles. The number of rotatable bonds is 6. The monoisotopic (exact) mass is 867 g/mol. The van der Waals surface area contributed by atoms with Crippen molar-refractivity contribution in [1.82, 2.24) is 24.9 Å². The van der Waals surface area contributed by atoms with Gasteiger partial charge in [0.2, 0.25) is 0 Å². The second-order valence-corrected chi connectivity index (χ2v) is 16.5. The molecule has 8 aromatic rings. The summed E-state index contributed by atoms with van der Waals surface area (Å²) < 4.78 is 55.7. The first-order valence-corrected chi connectivity index (χ1v) is 21.3. The number of para-hydroxylation sites is 2. The number of fused-ring (bicyclic) bond motifs is 6. The summed E-state index contributed by atoms with van der Waals surface area (Å²) >= 11 is 2.49. The van der Waals surface area contributed by atoms with Gasteiger partial charge in [-0.1, -0.05) is 36.4 Å². The molecule has 2 aliphatic carbocycles. The number of aromatic nitrogens is 5. The van der Waals surface area contributed by atoms with Crippen LogP contribution in [0.4, 0.5) is 28.9 Å². The van der Waals surface area contributed by atoms with E-state index >= 15 is 0 Å². The quantitative estimate of drug-likeness (QED) is 0.160. The molecule has 0 spiro atoms. The Kier molecular flexibility index (Phi) is 11.5. The van der Waals surface area contributed by atoms with Crippen molar-refractivity contribution in [3.05, 3.63) is 172 Å².